The molecule has 1 atom stereocenters. The van der Waals surface area contributed by atoms with Gasteiger partial charge in [0, 0.05) is 22.3 Å². The minimum absolute atomic E-state index is 0.0836. The maximum Gasteiger partial charge on any atom is 0.252 e. The molecule has 1 aromatic heterocycles. The van der Waals surface area contributed by atoms with Gasteiger partial charge in [0.1, 0.15) is 0 Å². The van der Waals surface area contributed by atoms with E-state index in [2.05, 4.69) is 12.6 Å². The Bertz CT molecular complexity index is 1140. The number of nitrogens with zero attached hydrogens (tertiary/aromatic N) is 2. The van der Waals surface area contributed by atoms with Crippen LogP contribution in [0.5, 0.6) is 0 Å². The summed E-state index contributed by atoms with van der Waals surface area (Å²) in [5, 5.41) is 10.6. The zero-order valence-electron chi connectivity index (χ0n) is 17.1. The van der Waals surface area contributed by atoms with Gasteiger partial charge in [0.25, 0.3) is 5.92 Å². The molecule has 0 aliphatic heterocycles. The molecule has 0 saturated heterocycles. The van der Waals surface area contributed by atoms with Crippen molar-refractivity contribution < 1.29 is 8.78 Å². The van der Waals surface area contributed by atoms with Gasteiger partial charge in [-0.2, -0.15) is 5.26 Å². The predicted octanol–water partition coefficient (Wildman–Crippen LogP) is 7.31. The Kier molecular flexibility index (Phi) is 5.44. The SMILES string of the molecule is C=Cc1c(C)n(C(C)=C(C#N)C(C)C(C)(F)F)c2ccc(-c3ccccc3)cc12. The normalized spacial score (nSPS) is 13.7. The van der Waals surface area contributed by atoms with Gasteiger partial charge in [-0.15, -0.1) is 0 Å². The number of alkyl halides is 2. The second kappa shape index (κ2) is 7.67. The molecule has 29 heavy (non-hydrogen) atoms. The second-order valence-corrected chi connectivity index (χ2v) is 7.43. The van der Waals surface area contributed by atoms with E-state index in [9.17, 15) is 14.0 Å². The molecule has 0 radical (unpaired) electrons. The third-order valence-electron chi connectivity index (χ3n) is 5.60. The lowest BCUT2D eigenvalue weighted by molar-refractivity contribution is -0.0168. The summed E-state index contributed by atoms with van der Waals surface area (Å²) in [6.45, 7) is 9.84. The number of hydrogen-bond acceptors (Lipinski definition) is 1. The number of fused-ring (bicyclic) bond motifs is 1. The monoisotopic (exact) mass is 390 g/mol. The molecule has 1 unspecified atom stereocenters. The zero-order valence-corrected chi connectivity index (χ0v) is 17.1. The van der Waals surface area contributed by atoms with E-state index in [1.807, 2.05) is 60.0 Å². The highest BCUT2D eigenvalue weighted by atomic mass is 19.3. The van der Waals surface area contributed by atoms with Crippen molar-refractivity contribution in [3.8, 4) is 17.2 Å². The molecule has 0 bridgehead atoms. The fourth-order valence-electron chi connectivity index (χ4n) is 3.81. The standard InChI is InChI=1S/C25H24F2N2/c1-6-21-17(3)29(18(4)23(15-28)16(2)25(5,26)27)24-13-12-20(14-22(21)24)19-10-8-7-9-11-19/h6-14,16H,1H2,2-5H3. The minimum Gasteiger partial charge on any atom is -0.316 e. The topological polar surface area (TPSA) is 28.7 Å². The molecule has 0 saturated carbocycles. The largest absolute Gasteiger partial charge is 0.316 e. The molecule has 148 valence electrons. The molecule has 0 aliphatic rings. The molecule has 1 heterocycles. The van der Waals surface area contributed by atoms with Crippen LogP contribution >= 0.6 is 0 Å². The number of halogens is 2. The van der Waals surface area contributed by atoms with Gasteiger partial charge in [0.15, 0.2) is 0 Å². The predicted molar refractivity (Wildman–Crippen MR) is 116 cm³/mol. The van der Waals surface area contributed by atoms with Gasteiger partial charge in [-0.05, 0) is 44.0 Å². The highest BCUT2D eigenvalue weighted by Crippen LogP contribution is 2.37. The Morgan fingerprint density at radius 1 is 1.17 bits per heavy atom. The molecule has 0 fully saturated rings. The first kappa shape index (κ1) is 20.5. The van der Waals surface area contributed by atoms with Crippen LogP contribution < -0.4 is 0 Å². The lowest BCUT2D eigenvalue weighted by Crippen LogP contribution is -2.24. The summed E-state index contributed by atoms with van der Waals surface area (Å²) in [5.74, 6) is -4.16. The molecule has 4 heteroatoms. The Hall–Kier alpha value is -3.19. The van der Waals surface area contributed by atoms with Crippen molar-refractivity contribution in [2.45, 2.75) is 33.6 Å². The number of rotatable bonds is 5. The van der Waals surface area contributed by atoms with Crippen molar-refractivity contribution in [3.63, 3.8) is 0 Å². The zero-order chi connectivity index (χ0) is 21.3. The van der Waals surface area contributed by atoms with Crippen molar-refractivity contribution in [1.82, 2.24) is 4.57 Å². The van der Waals surface area contributed by atoms with Gasteiger partial charge < -0.3 is 4.57 Å². The third kappa shape index (κ3) is 3.61. The van der Waals surface area contributed by atoms with Crippen molar-refractivity contribution in [2.24, 2.45) is 5.92 Å². The fourth-order valence-corrected chi connectivity index (χ4v) is 3.81. The van der Waals surface area contributed by atoms with E-state index in [-0.39, 0.29) is 5.57 Å². The van der Waals surface area contributed by atoms with E-state index in [0.29, 0.717) is 5.70 Å². The van der Waals surface area contributed by atoms with Crippen molar-refractivity contribution in [3.05, 3.63) is 71.9 Å². The van der Waals surface area contributed by atoms with Crippen molar-refractivity contribution >= 4 is 22.7 Å². The molecule has 0 aliphatic carbocycles. The number of hydrogen-bond donors (Lipinski definition) is 0. The highest BCUT2D eigenvalue weighted by molar-refractivity contribution is 5.96. The van der Waals surface area contributed by atoms with Crippen LogP contribution in [0.2, 0.25) is 0 Å². The van der Waals surface area contributed by atoms with Crippen LogP contribution in [0.1, 0.15) is 32.0 Å². The third-order valence-corrected chi connectivity index (χ3v) is 5.60. The molecule has 0 spiro atoms. The smallest absolute Gasteiger partial charge is 0.252 e. The van der Waals surface area contributed by atoms with E-state index in [0.717, 1.165) is 40.2 Å². The lowest BCUT2D eigenvalue weighted by Gasteiger charge is -2.21. The molecule has 0 N–H and O–H groups in total. The molecule has 3 aromatic rings. The summed E-state index contributed by atoms with van der Waals surface area (Å²) in [4.78, 5) is 0. The van der Waals surface area contributed by atoms with Gasteiger partial charge in [0.2, 0.25) is 0 Å². The van der Waals surface area contributed by atoms with Gasteiger partial charge in [-0.3, -0.25) is 0 Å². The quantitative estimate of drug-likeness (QED) is 0.420. The molecule has 0 amide bonds. The summed E-state index contributed by atoms with van der Waals surface area (Å²) in [6.07, 6.45) is 1.78. The first-order chi connectivity index (χ1) is 13.7. The van der Waals surface area contributed by atoms with Gasteiger partial charge >= 0.3 is 0 Å². The number of benzene rings is 2. The van der Waals surface area contributed by atoms with E-state index >= 15 is 0 Å². The summed E-state index contributed by atoms with van der Waals surface area (Å²) < 4.78 is 29.8. The number of aromatic nitrogens is 1. The Morgan fingerprint density at radius 3 is 2.38 bits per heavy atom. The van der Waals surface area contributed by atoms with E-state index < -0.39 is 11.8 Å². The first-order valence-electron chi connectivity index (χ1n) is 9.52. The summed E-state index contributed by atoms with van der Waals surface area (Å²) >= 11 is 0. The Balaban J connectivity index is 2.29. The van der Waals surface area contributed by atoms with Crippen LogP contribution in [-0.2, 0) is 0 Å². The van der Waals surface area contributed by atoms with Crippen LogP contribution in [0, 0.1) is 24.2 Å². The maximum absolute atomic E-state index is 13.9. The van der Waals surface area contributed by atoms with Crippen LogP contribution in [0.4, 0.5) is 8.78 Å². The van der Waals surface area contributed by atoms with Crippen molar-refractivity contribution in [2.75, 3.05) is 0 Å². The highest BCUT2D eigenvalue weighted by Gasteiger charge is 2.34. The first-order valence-corrected chi connectivity index (χ1v) is 9.52. The lowest BCUT2D eigenvalue weighted by atomic mass is 9.94. The Labute approximate surface area is 170 Å². The van der Waals surface area contributed by atoms with Crippen molar-refractivity contribution in [1.29, 1.82) is 5.26 Å². The maximum atomic E-state index is 13.9. The van der Waals surface area contributed by atoms with Gasteiger partial charge in [0.05, 0.1) is 23.1 Å². The summed E-state index contributed by atoms with van der Waals surface area (Å²) in [5.41, 5.74) is 5.44. The van der Waals surface area contributed by atoms with Crippen LogP contribution in [0.25, 0.3) is 33.8 Å². The average Bonchev–Trinajstić information content (AvgIpc) is 2.98. The molecular formula is C25H24F2N2. The van der Waals surface area contributed by atoms with E-state index in [1.54, 1.807) is 13.0 Å². The van der Waals surface area contributed by atoms with Crippen LogP contribution in [-0.4, -0.2) is 10.5 Å². The minimum atomic E-state index is -2.98. The Morgan fingerprint density at radius 2 is 1.83 bits per heavy atom. The number of nitriles is 1. The average molecular weight is 390 g/mol. The van der Waals surface area contributed by atoms with E-state index in [4.69, 9.17) is 0 Å². The van der Waals surface area contributed by atoms with E-state index in [1.165, 1.54) is 6.92 Å². The van der Waals surface area contributed by atoms with Gasteiger partial charge in [-0.25, -0.2) is 8.78 Å². The van der Waals surface area contributed by atoms with Crippen LogP contribution in [0.15, 0.2) is 60.7 Å². The molecular weight excluding hydrogens is 366 g/mol. The molecule has 2 nitrogen and oxygen atoms in total. The molecule has 3 rings (SSSR count). The fraction of sp³-hybridized carbons (Fsp3) is 0.240. The second-order valence-electron chi connectivity index (χ2n) is 7.43. The van der Waals surface area contributed by atoms with Gasteiger partial charge in [-0.1, -0.05) is 56.0 Å². The summed E-state index contributed by atoms with van der Waals surface area (Å²) in [6, 6.07) is 18.1. The molecule has 2 aromatic carbocycles. The number of allylic oxidation sites excluding steroid dienone is 2. The summed E-state index contributed by atoms with van der Waals surface area (Å²) in [7, 11) is 0. The van der Waals surface area contributed by atoms with Crippen LogP contribution in [0.3, 0.4) is 0 Å².